The third-order valence-corrected chi connectivity index (χ3v) is 10.1. The summed E-state index contributed by atoms with van der Waals surface area (Å²) in [5, 5.41) is 10.4. The van der Waals surface area contributed by atoms with Crippen LogP contribution < -0.4 is 5.73 Å². The van der Waals surface area contributed by atoms with Crippen molar-refractivity contribution in [1.82, 2.24) is 14.2 Å². The number of hydrogen-bond acceptors (Lipinski definition) is 5. The molecule has 1 amide bonds. The molecule has 0 bridgehead atoms. The molecule has 3 aromatic rings. The second-order valence-corrected chi connectivity index (χ2v) is 12.8. The van der Waals surface area contributed by atoms with E-state index in [1.54, 1.807) is 4.31 Å². The maximum absolute atomic E-state index is 13.0. The molecule has 0 saturated carbocycles. The van der Waals surface area contributed by atoms with Crippen molar-refractivity contribution in [3.63, 3.8) is 0 Å². The number of aromatic amines is 1. The Hall–Kier alpha value is -2.72. The number of aliphatic hydroxyl groups excluding tert-OH is 1. The highest BCUT2D eigenvalue weighted by molar-refractivity contribution is 7.89. The van der Waals surface area contributed by atoms with Crippen LogP contribution >= 0.6 is 0 Å². The minimum atomic E-state index is -3.25. The Morgan fingerprint density at radius 3 is 2.39 bits per heavy atom. The van der Waals surface area contributed by atoms with Crippen molar-refractivity contribution in [2.75, 3.05) is 38.5 Å². The van der Waals surface area contributed by atoms with Crippen LogP contribution in [0.15, 0.2) is 42.6 Å². The van der Waals surface area contributed by atoms with E-state index in [0.717, 1.165) is 71.2 Å². The fraction of sp³-hybridized carbons (Fsp3) is 0.483. The summed E-state index contributed by atoms with van der Waals surface area (Å²) in [6.07, 6.45) is 6.80. The first-order valence-corrected chi connectivity index (χ1v) is 15.3. The summed E-state index contributed by atoms with van der Waals surface area (Å²) in [6, 6.07) is 11.9. The van der Waals surface area contributed by atoms with E-state index in [4.69, 9.17) is 5.73 Å². The van der Waals surface area contributed by atoms with Gasteiger partial charge in [-0.2, -0.15) is 0 Å². The number of nitrogens with one attached hydrogen (secondary N) is 1. The number of hydrogen-bond donors (Lipinski definition) is 3. The van der Waals surface area contributed by atoms with Gasteiger partial charge in [-0.25, -0.2) is 12.7 Å². The Kier molecular flexibility index (Phi) is 8.18. The lowest BCUT2D eigenvalue weighted by molar-refractivity contribution is -0.117. The van der Waals surface area contributed by atoms with Crippen LogP contribution in [-0.2, 0) is 27.8 Å². The summed E-state index contributed by atoms with van der Waals surface area (Å²) in [7, 11) is -3.25. The maximum Gasteiger partial charge on any atom is 0.221 e. The largest absolute Gasteiger partial charge is 0.392 e. The standard InChI is InChI=1S/C29H38N4O4S/c30-28(35)18-25-16-24(22-6-4-21(20-34)5-7-22)17-26-27(19-31-29(25)26)23-8-13-33(14-9-23)38(36,37)15-3-12-32-10-1-2-11-32/h4-7,16-17,19,23,31,34H,1-3,8-15,18,20H2,(H2,30,35). The zero-order valence-electron chi connectivity index (χ0n) is 21.9. The zero-order chi connectivity index (χ0) is 26.7. The average Bonchev–Trinajstić information content (AvgIpc) is 3.59. The number of nitrogens with zero attached hydrogens (tertiary/aromatic N) is 2. The Labute approximate surface area is 224 Å². The fourth-order valence-corrected chi connectivity index (χ4v) is 7.53. The number of H-pyrrole nitrogens is 1. The highest BCUT2D eigenvalue weighted by atomic mass is 32.2. The molecule has 38 heavy (non-hydrogen) atoms. The van der Waals surface area contributed by atoms with Crippen molar-refractivity contribution in [2.45, 2.75) is 51.0 Å². The number of sulfonamides is 1. The van der Waals surface area contributed by atoms with Gasteiger partial charge in [0.1, 0.15) is 0 Å². The molecule has 4 N–H and O–H groups in total. The number of fused-ring (bicyclic) bond motifs is 1. The van der Waals surface area contributed by atoms with Gasteiger partial charge < -0.3 is 20.7 Å². The number of rotatable bonds is 10. The maximum atomic E-state index is 13.0. The van der Waals surface area contributed by atoms with Crippen LogP contribution in [0.1, 0.15) is 54.7 Å². The number of aromatic nitrogens is 1. The molecule has 1 aromatic heterocycles. The highest BCUT2D eigenvalue weighted by Gasteiger charge is 2.30. The number of amides is 1. The lowest BCUT2D eigenvalue weighted by Crippen LogP contribution is -2.39. The molecule has 2 aliphatic rings. The number of carbonyl (C=O) groups is 1. The van der Waals surface area contributed by atoms with Gasteiger partial charge in [-0.3, -0.25) is 4.79 Å². The second kappa shape index (κ2) is 11.6. The normalized spacial score (nSPS) is 17.9. The van der Waals surface area contributed by atoms with Gasteiger partial charge in [0.05, 0.1) is 18.8 Å². The Morgan fingerprint density at radius 2 is 1.74 bits per heavy atom. The molecule has 9 heteroatoms. The molecule has 2 aromatic carbocycles. The number of primary amides is 1. The van der Waals surface area contributed by atoms with Gasteiger partial charge in [-0.15, -0.1) is 0 Å². The van der Waals surface area contributed by atoms with Gasteiger partial charge in [0, 0.05) is 30.2 Å². The molecule has 0 radical (unpaired) electrons. The first-order valence-electron chi connectivity index (χ1n) is 13.7. The minimum Gasteiger partial charge on any atom is -0.392 e. The van der Waals surface area contributed by atoms with E-state index in [9.17, 15) is 18.3 Å². The smallest absolute Gasteiger partial charge is 0.221 e. The van der Waals surface area contributed by atoms with Gasteiger partial charge in [-0.05, 0) is 97.6 Å². The molecule has 0 unspecified atom stereocenters. The Bertz CT molecular complexity index is 1370. The lowest BCUT2D eigenvalue weighted by Gasteiger charge is -2.31. The molecule has 0 atom stereocenters. The van der Waals surface area contributed by atoms with E-state index in [2.05, 4.69) is 16.0 Å². The number of likely N-dealkylation sites (tertiary alicyclic amines) is 1. The first kappa shape index (κ1) is 26.9. The van der Waals surface area contributed by atoms with E-state index < -0.39 is 15.9 Å². The van der Waals surface area contributed by atoms with Gasteiger partial charge >= 0.3 is 0 Å². The molecule has 2 saturated heterocycles. The van der Waals surface area contributed by atoms with E-state index in [1.165, 1.54) is 12.8 Å². The molecule has 5 rings (SSSR count). The molecule has 3 heterocycles. The summed E-state index contributed by atoms with van der Waals surface area (Å²) in [5.74, 6) is 0.0580. The molecule has 0 spiro atoms. The van der Waals surface area contributed by atoms with Crippen molar-refractivity contribution >= 4 is 26.8 Å². The van der Waals surface area contributed by atoms with Crippen molar-refractivity contribution in [2.24, 2.45) is 5.73 Å². The molecule has 204 valence electrons. The van der Waals surface area contributed by atoms with Gasteiger partial charge in [0.25, 0.3) is 0 Å². The van der Waals surface area contributed by atoms with Crippen LogP contribution in [0.5, 0.6) is 0 Å². The summed E-state index contributed by atoms with van der Waals surface area (Å²) >= 11 is 0. The monoisotopic (exact) mass is 538 g/mol. The Balaban J connectivity index is 1.33. The third kappa shape index (κ3) is 5.96. The number of carbonyl (C=O) groups excluding carboxylic acids is 1. The SMILES string of the molecule is NC(=O)Cc1cc(-c2ccc(CO)cc2)cc2c(C3CCN(S(=O)(=O)CCCN4CCCC4)CC3)c[nH]c12. The zero-order valence-corrected chi connectivity index (χ0v) is 22.7. The molecule has 0 aliphatic carbocycles. The summed E-state index contributed by atoms with van der Waals surface area (Å²) in [5.41, 5.74) is 11.3. The molecular weight excluding hydrogens is 500 g/mol. The fourth-order valence-electron chi connectivity index (χ4n) is 6.01. The second-order valence-electron chi connectivity index (χ2n) is 10.7. The quantitative estimate of drug-likeness (QED) is 0.366. The molecule has 2 aliphatic heterocycles. The third-order valence-electron chi connectivity index (χ3n) is 8.10. The molecule has 2 fully saturated rings. The van der Waals surface area contributed by atoms with Gasteiger partial charge in [0.15, 0.2) is 0 Å². The molecular formula is C29H38N4O4S. The summed E-state index contributed by atoms with van der Waals surface area (Å²) < 4.78 is 27.7. The summed E-state index contributed by atoms with van der Waals surface area (Å²) in [6.45, 7) is 4.09. The minimum absolute atomic E-state index is 0.0128. The van der Waals surface area contributed by atoms with Crippen LogP contribution in [0.3, 0.4) is 0 Å². The topological polar surface area (TPSA) is 120 Å². The number of benzene rings is 2. The predicted molar refractivity (Wildman–Crippen MR) is 150 cm³/mol. The number of nitrogens with two attached hydrogens (primary N) is 1. The van der Waals surface area contributed by atoms with E-state index in [0.29, 0.717) is 19.5 Å². The summed E-state index contributed by atoms with van der Waals surface area (Å²) in [4.78, 5) is 17.6. The lowest BCUT2D eigenvalue weighted by atomic mass is 9.88. The van der Waals surface area contributed by atoms with E-state index in [-0.39, 0.29) is 24.7 Å². The highest BCUT2D eigenvalue weighted by Crippen LogP contribution is 2.37. The van der Waals surface area contributed by atoms with Crippen LogP contribution in [0, 0.1) is 0 Å². The van der Waals surface area contributed by atoms with Crippen molar-refractivity contribution < 1.29 is 18.3 Å². The van der Waals surface area contributed by atoms with Gasteiger partial charge in [-0.1, -0.05) is 24.3 Å². The van der Waals surface area contributed by atoms with E-state index >= 15 is 0 Å². The van der Waals surface area contributed by atoms with Crippen LogP contribution in [0.4, 0.5) is 0 Å². The van der Waals surface area contributed by atoms with Crippen LogP contribution in [0.25, 0.3) is 22.0 Å². The van der Waals surface area contributed by atoms with Gasteiger partial charge in [0.2, 0.25) is 15.9 Å². The van der Waals surface area contributed by atoms with Crippen molar-refractivity contribution in [3.8, 4) is 11.1 Å². The first-order chi connectivity index (χ1) is 18.3. The average molecular weight is 539 g/mol. The van der Waals surface area contributed by atoms with Crippen molar-refractivity contribution in [1.29, 1.82) is 0 Å². The van der Waals surface area contributed by atoms with Crippen LogP contribution in [0.2, 0.25) is 0 Å². The molecule has 8 nitrogen and oxygen atoms in total. The van der Waals surface area contributed by atoms with Crippen LogP contribution in [-0.4, -0.2) is 72.1 Å². The Morgan fingerprint density at radius 1 is 1.03 bits per heavy atom. The predicted octanol–water partition coefficient (Wildman–Crippen LogP) is 3.35. The number of aliphatic hydroxyl groups is 1. The van der Waals surface area contributed by atoms with Crippen molar-refractivity contribution in [3.05, 3.63) is 59.3 Å². The van der Waals surface area contributed by atoms with E-state index in [1.807, 2.05) is 36.5 Å². The number of piperidine rings is 1.